The molecule has 28 heavy (non-hydrogen) atoms. The highest BCUT2D eigenvalue weighted by molar-refractivity contribution is 7.98. The van der Waals surface area contributed by atoms with Crippen LogP contribution in [0.15, 0.2) is 0 Å². The zero-order valence-corrected chi connectivity index (χ0v) is 17.9. The lowest BCUT2D eigenvalue weighted by Gasteiger charge is -2.25. The third-order valence-electron chi connectivity index (χ3n) is 3.82. The van der Waals surface area contributed by atoms with Crippen molar-refractivity contribution in [3.8, 4) is 0 Å². The van der Waals surface area contributed by atoms with Gasteiger partial charge in [-0.1, -0.05) is 13.8 Å². The molecule has 0 aliphatic heterocycles. The molecule has 0 bridgehead atoms. The molecule has 4 unspecified atom stereocenters. The van der Waals surface area contributed by atoms with Crippen LogP contribution in [-0.2, 0) is 19.2 Å². The minimum Gasteiger partial charge on any atom is -0.480 e. The molecule has 10 nitrogen and oxygen atoms in total. The minimum atomic E-state index is -1.19. The number of nitrogens with two attached hydrogens (primary N) is 1. The zero-order valence-electron chi connectivity index (χ0n) is 16.2. The summed E-state index contributed by atoms with van der Waals surface area (Å²) in [6.45, 7) is 2.73. The molecule has 0 saturated carbocycles. The molecule has 0 aromatic carbocycles. The summed E-state index contributed by atoms with van der Waals surface area (Å²) in [5, 5.41) is 25.5. The van der Waals surface area contributed by atoms with E-state index < -0.39 is 54.5 Å². The van der Waals surface area contributed by atoms with E-state index in [2.05, 4.69) is 28.6 Å². The molecule has 7 N–H and O–H groups in total. The van der Waals surface area contributed by atoms with E-state index in [-0.39, 0.29) is 18.1 Å². The maximum atomic E-state index is 12.5. The Morgan fingerprint density at radius 3 is 2.00 bits per heavy atom. The van der Waals surface area contributed by atoms with Gasteiger partial charge in [0.1, 0.15) is 24.2 Å². The summed E-state index contributed by atoms with van der Waals surface area (Å²) < 4.78 is 0. The molecule has 0 aliphatic carbocycles. The molecule has 0 rings (SSSR count). The zero-order chi connectivity index (χ0) is 21.9. The summed E-state index contributed by atoms with van der Waals surface area (Å²) in [5.74, 6) is -3.04. The Labute approximate surface area is 174 Å². The monoisotopic (exact) mass is 438 g/mol. The first-order valence-electron chi connectivity index (χ1n) is 8.69. The average Bonchev–Trinajstić information content (AvgIpc) is 2.65. The highest BCUT2D eigenvalue weighted by Crippen LogP contribution is 2.06. The van der Waals surface area contributed by atoms with Crippen molar-refractivity contribution in [1.82, 2.24) is 16.0 Å². The van der Waals surface area contributed by atoms with Gasteiger partial charge in [-0.2, -0.15) is 24.4 Å². The fourth-order valence-corrected chi connectivity index (χ4v) is 2.83. The third-order valence-corrected chi connectivity index (χ3v) is 4.83. The first-order valence-corrected chi connectivity index (χ1v) is 10.7. The molecule has 0 aliphatic rings. The number of nitrogens with one attached hydrogen (secondary N) is 3. The number of hydrogen-bond donors (Lipinski definition) is 7. The summed E-state index contributed by atoms with van der Waals surface area (Å²) in [6.07, 6.45) is 2.10. The van der Waals surface area contributed by atoms with E-state index in [1.807, 2.05) is 6.26 Å². The Bertz CT molecular complexity index is 549. The first kappa shape index (κ1) is 26.5. The van der Waals surface area contributed by atoms with Gasteiger partial charge < -0.3 is 31.9 Å². The van der Waals surface area contributed by atoms with Crippen molar-refractivity contribution in [2.24, 2.45) is 11.7 Å². The van der Waals surface area contributed by atoms with Crippen LogP contribution in [0.5, 0.6) is 0 Å². The Kier molecular flexibility index (Phi) is 12.9. The van der Waals surface area contributed by atoms with Crippen LogP contribution in [0.2, 0.25) is 0 Å². The molecule has 3 amide bonds. The molecule has 12 heteroatoms. The summed E-state index contributed by atoms with van der Waals surface area (Å²) in [6, 6.07) is -4.33. The van der Waals surface area contributed by atoms with Crippen molar-refractivity contribution >= 4 is 48.1 Å². The van der Waals surface area contributed by atoms with Gasteiger partial charge in [0.05, 0.1) is 6.61 Å². The Morgan fingerprint density at radius 1 is 1.04 bits per heavy atom. The average molecular weight is 439 g/mol. The van der Waals surface area contributed by atoms with Gasteiger partial charge >= 0.3 is 5.97 Å². The van der Waals surface area contributed by atoms with Crippen LogP contribution in [0.3, 0.4) is 0 Å². The molecule has 0 aromatic heterocycles. The summed E-state index contributed by atoms with van der Waals surface area (Å²) in [5.41, 5.74) is 5.41. The van der Waals surface area contributed by atoms with Crippen LogP contribution < -0.4 is 21.7 Å². The van der Waals surface area contributed by atoms with E-state index in [4.69, 9.17) is 10.8 Å². The number of carboxylic acids is 1. The van der Waals surface area contributed by atoms with Crippen molar-refractivity contribution in [2.75, 3.05) is 24.4 Å². The first-order chi connectivity index (χ1) is 13.1. The standard InChI is InChI=1S/C16H30N4O6S2/c1-8(2)12(16(25)26)20-14(23)10(4-5-28-3)18-15(24)11(7-27)19-13(22)9(17)6-21/h8-12,21,27H,4-7,17H2,1-3H3,(H,18,24)(H,19,22)(H,20,23)(H,25,26). The number of hydrogen-bond acceptors (Lipinski definition) is 8. The van der Waals surface area contributed by atoms with Crippen molar-refractivity contribution < 1.29 is 29.4 Å². The predicted octanol–water partition coefficient (Wildman–Crippen LogP) is -1.82. The molecule has 4 atom stereocenters. The van der Waals surface area contributed by atoms with Crippen molar-refractivity contribution in [2.45, 2.75) is 44.4 Å². The van der Waals surface area contributed by atoms with Gasteiger partial charge in [-0.05, 0) is 24.3 Å². The third kappa shape index (κ3) is 9.13. The summed E-state index contributed by atoms with van der Waals surface area (Å²) in [4.78, 5) is 48.1. The van der Waals surface area contributed by atoms with Crippen LogP contribution in [0.25, 0.3) is 0 Å². The summed E-state index contributed by atoms with van der Waals surface area (Å²) >= 11 is 5.48. The molecule has 0 heterocycles. The van der Waals surface area contributed by atoms with Gasteiger partial charge in [0.2, 0.25) is 17.7 Å². The maximum Gasteiger partial charge on any atom is 0.326 e. The number of carbonyl (C=O) groups is 4. The van der Waals surface area contributed by atoms with Crippen LogP contribution in [0, 0.1) is 5.92 Å². The Hall–Kier alpha value is -1.50. The Morgan fingerprint density at radius 2 is 1.57 bits per heavy atom. The number of thiol groups is 1. The highest BCUT2D eigenvalue weighted by Gasteiger charge is 2.30. The quantitative estimate of drug-likeness (QED) is 0.165. The number of rotatable bonds is 13. The van der Waals surface area contributed by atoms with Crippen LogP contribution in [0.1, 0.15) is 20.3 Å². The number of thioether (sulfide) groups is 1. The SMILES string of the molecule is CSCCC(NC(=O)C(CS)NC(=O)C(N)CO)C(=O)NC(C(=O)O)C(C)C. The van der Waals surface area contributed by atoms with Gasteiger partial charge in [0.15, 0.2) is 0 Å². The van der Waals surface area contributed by atoms with Crippen molar-refractivity contribution in [3.63, 3.8) is 0 Å². The lowest BCUT2D eigenvalue weighted by molar-refractivity contribution is -0.143. The molecule has 0 fully saturated rings. The maximum absolute atomic E-state index is 12.5. The number of carbonyl (C=O) groups excluding carboxylic acids is 3. The second kappa shape index (κ2) is 13.6. The molecule has 0 spiro atoms. The molecular formula is C16H30N4O6S2. The second-order valence-corrected chi connectivity index (χ2v) is 7.79. The van der Waals surface area contributed by atoms with E-state index in [9.17, 15) is 24.3 Å². The van der Waals surface area contributed by atoms with Gasteiger partial charge in [-0.25, -0.2) is 4.79 Å². The molecule has 0 saturated heterocycles. The lowest BCUT2D eigenvalue weighted by Crippen LogP contribution is -2.58. The number of aliphatic carboxylic acids is 1. The molecule has 0 radical (unpaired) electrons. The van der Waals surface area contributed by atoms with Gasteiger partial charge in [0.25, 0.3) is 0 Å². The fraction of sp³-hybridized carbons (Fsp3) is 0.750. The van der Waals surface area contributed by atoms with Crippen LogP contribution in [-0.4, -0.2) is 82.4 Å². The number of amides is 3. The molecule has 162 valence electrons. The fourth-order valence-electron chi connectivity index (χ4n) is 2.10. The number of carboxylic acid groups (broad SMARTS) is 1. The van der Waals surface area contributed by atoms with Crippen molar-refractivity contribution in [1.29, 1.82) is 0 Å². The van der Waals surface area contributed by atoms with E-state index in [1.165, 1.54) is 11.8 Å². The van der Waals surface area contributed by atoms with Gasteiger partial charge in [0, 0.05) is 5.75 Å². The molecular weight excluding hydrogens is 408 g/mol. The van der Waals surface area contributed by atoms with Gasteiger partial charge in [-0.3, -0.25) is 14.4 Å². The van der Waals surface area contributed by atoms with Crippen LogP contribution >= 0.6 is 24.4 Å². The second-order valence-electron chi connectivity index (χ2n) is 6.44. The van der Waals surface area contributed by atoms with Gasteiger partial charge in [-0.15, -0.1) is 0 Å². The predicted molar refractivity (Wildman–Crippen MR) is 110 cm³/mol. The van der Waals surface area contributed by atoms with E-state index in [0.717, 1.165) is 0 Å². The molecule has 0 aromatic rings. The van der Waals surface area contributed by atoms with E-state index >= 15 is 0 Å². The van der Waals surface area contributed by atoms with Crippen LogP contribution in [0.4, 0.5) is 0 Å². The number of aliphatic hydroxyl groups excluding tert-OH is 1. The van der Waals surface area contributed by atoms with E-state index in [1.54, 1.807) is 13.8 Å². The lowest BCUT2D eigenvalue weighted by atomic mass is 10.0. The number of aliphatic hydroxyl groups is 1. The van der Waals surface area contributed by atoms with E-state index in [0.29, 0.717) is 5.75 Å². The highest BCUT2D eigenvalue weighted by atomic mass is 32.2. The minimum absolute atomic E-state index is 0.0592. The topological polar surface area (TPSA) is 171 Å². The Balaban J connectivity index is 5.18. The normalized spacial score (nSPS) is 15.2. The largest absolute Gasteiger partial charge is 0.480 e. The van der Waals surface area contributed by atoms with Crippen molar-refractivity contribution in [3.05, 3.63) is 0 Å². The smallest absolute Gasteiger partial charge is 0.326 e. The summed E-state index contributed by atoms with van der Waals surface area (Å²) in [7, 11) is 0.